The van der Waals surface area contributed by atoms with Gasteiger partial charge in [0, 0.05) is 28.3 Å². The number of benzene rings is 2. The zero-order chi connectivity index (χ0) is 20.3. The average molecular weight is 417 g/mol. The number of aliphatic imine (C=N–C) groups is 1. The van der Waals surface area contributed by atoms with Crippen LogP contribution in [-0.4, -0.2) is 42.4 Å². The molecular formula is C21H21ClN2O3S. The van der Waals surface area contributed by atoms with Crippen molar-refractivity contribution in [2.75, 3.05) is 19.9 Å². The second-order valence-corrected chi connectivity index (χ2v) is 8.20. The van der Waals surface area contributed by atoms with Crippen LogP contribution in [0.3, 0.4) is 0 Å². The molecule has 0 bridgehead atoms. The zero-order valence-electron chi connectivity index (χ0n) is 15.9. The van der Waals surface area contributed by atoms with E-state index in [4.69, 9.17) is 16.3 Å². The number of amides is 1. The van der Waals surface area contributed by atoms with Gasteiger partial charge in [0.1, 0.15) is 0 Å². The summed E-state index contributed by atoms with van der Waals surface area (Å²) in [6.45, 7) is 2.34. The monoisotopic (exact) mass is 416 g/mol. The maximum Gasteiger partial charge on any atom is 0.341 e. The molecule has 0 radical (unpaired) electrons. The average Bonchev–Trinajstić information content (AvgIpc) is 2.72. The molecule has 1 amide bonds. The van der Waals surface area contributed by atoms with Gasteiger partial charge >= 0.3 is 5.97 Å². The Bertz CT molecular complexity index is 943. The molecule has 1 heterocycles. The first-order valence-electron chi connectivity index (χ1n) is 8.77. The minimum atomic E-state index is -1.15. The van der Waals surface area contributed by atoms with Crippen LogP contribution >= 0.6 is 23.4 Å². The first-order chi connectivity index (χ1) is 13.4. The molecule has 0 saturated heterocycles. The van der Waals surface area contributed by atoms with Crippen LogP contribution in [0.25, 0.3) is 0 Å². The van der Waals surface area contributed by atoms with Crippen molar-refractivity contribution >= 4 is 41.0 Å². The lowest BCUT2D eigenvalue weighted by Crippen LogP contribution is -2.50. The van der Waals surface area contributed by atoms with Crippen molar-refractivity contribution in [2.45, 2.75) is 18.2 Å². The van der Waals surface area contributed by atoms with Gasteiger partial charge in [0.2, 0.25) is 0 Å². The zero-order valence-corrected chi connectivity index (χ0v) is 17.5. The molecule has 2 aromatic rings. The lowest BCUT2D eigenvalue weighted by Gasteiger charge is -2.25. The van der Waals surface area contributed by atoms with Gasteiger partial charge in [-0.2, -0.15) is 0 Å². The highest BCUT2D eigenvalue weighted by atomic mass is 35.5. The van der Waals surface area contributed by atoms with Crippen molar-refractivity contribution in [3.8, 4) is 0 Å². The molecular weight excluding hydrogens is 396 g/mol. The molecule has 1 atom stereocenters. The van der Waals surface area contributed by atoms with Gasteiger partial charge in [0.25, 0.3) is 5.91 Å². The molecule has 1 aliphatic rings. The van der Waals surface area contributed by atoms with Gasteiger partial charge in [-0.05, 0) is 49.4 Å². The lowest BCUT2D eigenvalue weighted by atomic mass is 9.93. The van der Waals surface area contributed by atoms with Crippen molar-refractivity contribution in [2.24, 2.45) is 4.99 Å². The summed E-state index contributed by atoms with van der Waals surface area (Å²) in [6.07, 6.45) is 2.63. The Morgan fingerprint density at radius 3 is 2.57 bits per heavy atom. The van der Waals surface area contributed by atoms with E-state index in [0.717, 1.165) is 29.8 Å². The maximum atomic E-state index is 12.6. The number of hydrogen-bond donors (Lipinski definition) is 1. The van der Waals surface area contributed by atoms with Gasteiger partial charge in [-0.15, -0.1) is 11.8 Å². The second-order valence-electron chi connectivity index (χ2n) is 6.54. The summed E-state index contributed by atoms with van der Waals surface area (Å²) in [4.78, 5) is 28.1. The maximum absolute atomic E-state index is 12.6. The Balaban J connectivity index is 1.83. The molecule has 5 nitrogen and oxygen atoms in total. The van der Waals surface area contributed by atoms with Crippen LogP contribution in [-0.2, 0) is 16.0 Å². The minimum absolute atomic E-state index is 0.345. The van der Waals surface area contributed by atoms with E-state index >= 15 is 0 Å². The quantitative estimate of drug-likeness (QED) is 0.595. The summed E-state index contributed by atoms with van der Waals surface area (Å²) in [5.74, 6) is -0.849. The Morgan fingerprint density at radius 2 is 1.93 bits per heavy atom. The molecule has 1 N–H and O–H groups in total. The molecule has 0 fully saturated rings. The second kappa shape index (κ2) is 8.37. The van der Waals surface area contributed by atoms with Crippen molar-refractivity contribution in [1.82, 2.24) is 5.32 Å². The molecule has 3 rings (SSSR count). The molecule has 7 heteroatoms. The van der Waals surface area contributed by atoms with Gasteiger partial charge in [-0.3, -0.25) is 9.79 Å². The van der Waals surface area contributed by atoms with Crippen LogP contribution in [0.4, 0.5) is 0 Å². The fourth-order valence-electron chi connectivity index (χ4n) is 3.06. The number of thioether (sulfide) groups is 1. The Kier molecular flexibility index (Phi) is 6.10. The molecule has 146 valence electrons. The predicted molar refractivity (Wildman–Crippen MR) is 114 cm³/mol. The van der Waals surface area contributed by atoms with Crippen LogP contribution in [0.5, 0.6) is 0 Å². The summed E-state index contributed by atoms with van der Waals surface area (Å²) in [5.41, 5.74) is 4.48. The number of rotatable bonds is 5. The van der Waals surface area contributed by atoms with Crippen molar-refractivity contribution < 1.29 is 14.3 Å². The van der Waals surface area contributed by atoms with Gasteiger partial charge < -0.3 is 10.1 Å². The topological polar surface area (TPSA) is 67.8 Å². The smallest absolute Gasteiger partial charge is 0.341 e. The largest absolute Gasteiger partial charge is 0.467 e. The third kappa shape index (κ3) is 4.08. The summed E-state index contributed by atoms with van der Waals surface area (Å²) in [5, 5.41) is 3.40. The molecule has 28 heavy (non-hydrogen) atoms. The Morgan fingerprint density at radius 1 is 1.21 bits per heavy atom. The van der Waals surface area contributed by atoms with E-state index in [-0.39, 0.29) is 5.91 Å². The standard InChI is InChI=1S/C21H21ClN2O3S/c1-21(28-3,20(26)27-2)24-19(25)15-6-4-14(5-7-15)18-17-12-16(22)9-8-13(17)10-11-23-18/h4-9,12H,10-11H2,1-3H3,(H,24,25). The van der Waals surface area contributed by atoms with Crippen LogP contribution in [0.2, 0.25) is 5.02 Å². The molecule has 0 aromatic heterocycles. The van der Waals surface area contributed by atoms with Crippen molar-refractivity contribution in [3.63, 3.8) is 0 Å². The van der Waals surface area contributed by atoms with E-state index in [0.29, 0.717) is 10.6 Å². The fourth-order valence-corrected chi connectivity index (χ4v) is 3.67. The van der Waals surface area contributed by atoms with E-state index in [1.54, 1.807) is 25.3 Å². The third-order valence-corrected chi connectivity index (χ3v) is 6.05. The molecule has 1 unspecified atom stereocenters. The number of nitrogens with zero attached hydrogens (tertiary/aromatic N) is 1. The predicted octanol–water partition coefficient (Wildman–Crippen LogP) is 3.72. The van der Waals surface area contributed by atoms with E-state index in [9.17, 15) is 9.59 Å². The van der Waals surface area contributed by atoms with Gasteiger partial charge in [0.15, 0.2) is 4.87 Å². The number of methoxy groups -OCH3 is 1. The number of halogens is 1. The molecule has 0 saturated carbocycles. The summed E-state index contributed by atoms with van der Waals surface area (Å²) >= 11 is 7.37. The highest BCUT2D eigenvalue weighted by Gasteiger charge is 2.35. The summed E-state index contributed by atoms with van der Waals surface area (Å²) < 4.78 is 4.78. The van der Waals surface area contributed by atoms with Crippen LogP contribution in [0, 0.1) is 0 Å². The number of carbonyl (C=O) groups is 2. The van der Waals surface area contributed by atoms with Crippen LogP contribution in [0.1, 0.15) is 34.0 Å². The Hall–Kier alpha value is -2.31. The van der Waals surface area contributed by atoms with Crippen molar-refractivity contribution in [1.29, 1.82) is 0 Å². The lowest BCUT2D eigenvalue weighted by molar-refractivity contribution is -0.143. The highest BCUT2D eigenvalue weighted by Crippen LogP contribution is 2.25. The number of hydrogen-bond acceptors (Lipinski definition) is 5. The summed E-state index contributed by atoms with van der Waals surface area (Å²) in [7, 11) is 1.30. The van der Waals surface area contributed by atoms with E-state index in [1.807, 2.05) is 30.3 Å². The number of nitrogens with one attached hydrogen (secondary N) is 1. The number of fused-ring (bicyclic) bond motifs is 1. The first kappa shape index (κ1) is 20.4. The normalized spacial score (nSPS) is 15.1. The number of ether oxygens (including phenoxy) is 1. The van der Waals surface area contributed by atoms with Gasteiger partial charge in [0.05, 0.1) is 12.8 Å². The first-order valence-corrected chi connectivity index (χ1v) is 10.4. The highest BCUT2D eigenvalue weighted by molar-refractivity contribution is 8.00. The SMILES string of the molecule is COC(=O)C(C)(NC(=O)c1ccc(C2=NCCc3ccc(Cl)cc32)cc1)SC. The molecule has 0 aliphatic carbocycles. The van der Waals surface area contributed by atoms with E-state index in [2.05, 4.69) is 10.3 Å². The van der Waals surface area contributed by atoms with Crippen LogP contribution < -0.4 is 5.32 Å². The Labute approximate surface area is 173 Å². The molecule has 2 aromatic carbocycles. The van der Waals surface area contributed by atoms with E-state index < -0.39 is 10.8 Å². The number of carbonyl (C=O) groups excluding carboxylic acids is 2. The molecule has 1 aliphatic heterocycles. The van der Waals surface area contributed by atoms with E-state index in [1.165, 1.54) is 24.4 Å². The van der Waals surface area contributed by atoms with Crippen LogP contribution in [0.15, 0.2) is 47.5 Å². The molecule has 0 spiro atoms. The van der Waals surface area contributed by atoms with Crippen molar-refractivity contribution in [3.05, 3.63) is 69.7 Å². The van der Waals surface area contributed by atoms with Gasteiger partial charge in [-0.1, -0.05) is 29.8 Å². The minimum Gasteiger partial charge on any atom is -0.467 e. The van der Waals surface area contributed by atoms with Gasteiger partial charge in [-0.25, -0.2) is 4.79 Å². The summed E-state index contributed by atoms with van der Waals surface area (Å²) in [6, 6.07) is 13.0. The number of esters is 1. The fraction of sp³-hybridized carbons (Fsp3) is 0.286. The third-order valence-electron chi connectivity index (χ3n) is 4.73.